The summed E-state index contributed by atoms with van der Waals surface area (Å²) in [5.41, 5.74) is 5.23. The van der Waals surface area contributed by atoms with E-state index in [9.17, 15) is 9.59 Å². The van der Waals surface area contributed by atoms with Gasteiger partial charge in [-0.3, -0.25) is 9.59 Å². The van der Waals surface area contributed by atoms with Crippen molar-refractivity contribution in [3.8, 4) is 17.2 Å². The van der Waals surface area contributed by atoms with Crippen molar-refractivity contribution >= 4 is 23.7 Å². The Bertz CT molecular complexity index is 948. The number of methoxy groups -OCH3 is 3. The van der Waals surface area contributed by atoms with Crippen molar-refractivity contribution < 1.29 is 23.8 Å². The number of fused-ring (bicyclic) bond motifs is 1. The minimum absolute atomic E-state index is 0.0593. The van der Waals surface area contributed by atoms with Crippen molar-refractivity contribution in [3.05, 3.63) is 47.5 Å². The number of carbonyl (C=O) groups excluding carboxylic acids is 2. The van der Waals surface area contributed by atoms with Crippen LogP contribution in [0.2, 0.25) is 0 Å². The minimum atomic E-state index is -0.331. The third-order valence-electron chi connectivity index (χ3n) is 5.07. The molecule has 0 aromatic heterocycles. The predicted molar refractivity (Wildman–Crippen MR) is 118 cm³/mol. The van der Waals surface area contributed by atoms with Crippen LogP contribution in [0.5, 0.6) is 17.2 Å². The van der Waals surface area contributed by atoms with Gasteiger partial charge in [-0.1, -0.05) is 18.2 Å². The van der Waals surface area contributed by atoms with Gasteiger partial charge in [0.05, 0.1) is 27.5 Å². The van der Waals surface area contributed by atoms with Gasteiger partial charge in [0.25, 0.3) is 0 Å². The van der Waals surface area contributed by atoms with Crippen molar-refractivity contribution in [1.29, 1.82) is 0 Å². The van der Waals surface area contributed by atoms with Gasteiger partial charge in [-0.05, 0) is 36.6 Å². The van der Waals surface area contributed by atoms with Gasteiger partial charge in [0.1, 0.15) is 0 Å². The minimum Gasteiger partial charge on any atom is -0.493 e. The molecule has 0 saturated carbocycles. The van der Waals surface area contributed by atoms with E-state index in [0.29, 0.717) is 29.4 Å². The van der Waals surface area contributed by atoms with Crippen LogP contribution >= 0.6 is 0 Å². The number of rotatable bonds is 8. The van der Waals surface area contributed by atoms with E-state index in [4.69, 9.17) is 14.2 Å². The molecule has 0 spiro atoms. The molecule has 3 rings (SSSR count). The number of amides is 2. The molecule has 164 valence electrons. The maximum Gasteiger partial charge on any atom is 0.240 e. The lowest BCUT2D eigenvalue weighted by atomic mass is 10.0. The van der Waals surface area contributed by atoms with Crippen molar-refractivity contribution in [2.24, 2.45) is 5.10 Å². The summed E-state index contributed by atoms with van der Waals surface area (Å²) in [6, 6.07) is 11.3. The summed E-state index contributed by atoms with van der Waals surface area (Å²) in [6.45, 7) is 0.677. The molecular formula is C23H27N3O5. The molecule has 2 aromatic rings. The number of anilines is 1. The van der Waals surface area contributed by atoms with E-state index in [1.54, 1.807) is 17.0 Å². The first-order valence-electron chi connectivity index (χ1n) is 10.1. The third kappa shape index (κ3) is 5.33. The van der Waals surface area contributed by atoms with E-state index < -0.39 is 0 Å². The Balaban J connectivity index is 1.55. The van der Waals surface area contributed by atoms with E-state index in [0.717, 1.165) is 18.5 Å². The standard InChI is InChI=1S/C23H27N3O5/c1-29-19-13-16(14-20(30-2)23(19)31-3)15-24-25-21(27)10-11-22(28)26-12-6-8-17-7-4-5-9-18(17)26/h4-5,7,9,13-15H,6,8,10-12H2,1-3H3,(H,25,27)/b24-15+. The summed E-state index contributed by atoms with van der Waals surface area (Å²) in [5, 5.41) is 3.97. The quantitative estimate of drug-likeness (QED) is 0.519. The van der Waals surface area contributed by atoms with E-state index in [2.05, 4.69) is 10.5 Å². The lowest BCUT2D eigenvalue weighted by molar-refractivity contribution is -0.125. The Hall–Kier alpha value is -3.55. The fourth-order valence-corrected chi connectivity index (χ4v) is 3.56. The maximum absolute atomic E-state index is 12.6. The molecule has 0 aliphatic carbocycles. The van der Waals surface area contributed by atoms with Crippen molar-refractivity contribution in [2.75, 3.05) is 32.8 Å². The summed E-state index contributed by atoms with van der Waals surface area (Å²) >= 11 is 0. The zero-order chi connectivity index (χ0) is 22.2. The van der Waals surface area contributed by atoms with Gasteiger partial charge >= 0.3 is 0 Å². The average molecular weight is 425 g/mol. The van der Waals surface area contributed by atoms with Crippen molar-refractivity contribution in [3.63, 3.8) is 0 Å². The number of para-hydroxylation sites is 1. The van der Waals surface area contributed by atoms with Gasteiger partial charge in [0.2, 0.25) is 17.6 Å². The van der Waals surface area contributed by atoms with Crippen LogP contribution in [-0.4, -0.2) is 45.9 Å². The predicted octanol–water partition coefficient (Wildman–Crippen LogP) is 2.92. The SMILES string of the molecule is COc1cc(/C=N/NC(=O)CCC(=O)N2CCCc3ccccc32)cc(OC)c1OC. The molecule has 1 N–H and O–H groups in total. The fraction of sp³-hybridized carbons (Fsp3) is 0.348. The van der Waals surface area contributed by atoms with Gasteiger partial charge in [-0.2, -0.15) is 5.10 Å². The topological polar surface area (TPSA) is 89.5 Å². The lowest BCUT2D eigenvalue weighted by Crippen LogP contribution is -2.36. The molecule has 2 aromatic carbocycles. The second-order valence-corrected chi connectivity index (χ2v) is 7.03. The van der Waals surface area contributed by atoms with E-state index in [1.807, 2.05) is 24.3 Å². The van der Waals surface area contributed by atoms with Crippen LogP contribution in [0.1, 0.15) is 30.4 Å². The number of nitrogens with one attached hydrogen (secondary N) is 1. The largest absolute Gasteiger partial charge is 0.493 e. The summed E-state index contributed by atoms with van der Waals surface area (Å²) in [7, 11) is 4.58. The molecular weight excluding hydrogens is 398 g/mol. The highest BCUT2D eigenvalue weighted by Gasteiger charge is 2.22. The maximum atomic E-state index is 12.6. The molecule has 31 heavy (non-hydrogen) atoms. The highest BCUT2D eigenvalue weighted by Crippen LogP contribution is 2.37. The van der Waals surface area contributed by atoms with Crippen LogP contribution in [-0.2, 0) is 16.0 Å². The van der Waals surface area contributed by atoms with Crippen LogP contribution < -0.4 is 24.5 Å². The zero-order valence-corrected chi connectivity index (χ0v) is 18.0. The van der Waals surface area contributed by atoms with Crippen molar-refractivity contribution in [2.45, 2.75) is 25.7 Å². The number of hydrogen-bond acceptors (Lipinski definition) is 6. The van der Waals surface area contributed by atoms with Crippen LogP contribution in [0.15, 0.2) is 41.5 Å². The highest BCUT2D eigenvalue weighted by molar-refractivity contribution is 5.96. The number of ether oxygens (including phenoxy) is 3. The molecule has 8 nitrogen and oxygen atoms in total. The zero-order valence-electron chi connectivity index (χ0n) is 18.0. The second-order valence-electron chi connectivity index (χ2n) is 7.03. The number of aryl methyl sites for hydroxylation is 1. The van der Waals surface area contributed by atoms with E-state index in [-0.39, 0.29) is 24.7 Å². The summed E-state index contributed by atoms with van der Waals surface area (Å²) < 4.78 is 15.9. The highest BCUT2D eigenvalue weighted by atomic mass is 16.5. The molecule has 8 heteroatoms. The monoisotopic (exact) mass is 425 g/mol. The molecule has 0 bridgehead atoms. The third-order valence-corrected chi connectivity index (χ3v) is 5.07. The molecule has 1 aliphatic heterocycles. The Morgan fingerprint density at radius 1 is 1.06 bits per heavy atom. The molecule has 0 fully saturated rings. The first kappa shape index (κ1) is 22.1. The fourth-order valence-electron chi connectivity index (χ4n) is 3.56. The van der Waals surface area contributed by atoms with Gasteiger partial charge in [0, 0.05) is 30.6 Å². The Morgan fingerprint density at radius 3 is 2.45 bits per heavy atom. The van der Waals surface area contributed by atoms with Gasteiger partial charge in [0.15, 0.2) is 11.5 Å². The number of benzene rings is 2. The van der Waals surface area contributed by atoms with E-state index in [1.165, 1.54) is 33.1 Å². The van der Waals surface area contributed by atoms with Crippen LogP contribution in [0.4, 0.5) is 5.69 Å². The first-order chi connectivity index (χ1) is 15.1. The molecule has 1 aliphatic rings. The van der Waals surface area contributed by atoms with Crippen LogP contribution in [0, 0.1) is 0 Å². The normalized spacial score (nSPS) is 12.9. The van der Waals surface area contributed by atoms with Crippen molar-refractivity contribution in [1.82, 2.24) is 5.43 Å². The number of hydrazone groups is 1. The molecule has 0 radical (unpaired) electrons. The van der Waals surface area contributed by atoms with Gasteiger partial charge < -0.3 is 19.1 Å². The Morgan fingerprint density at radius 2 is 1.77 bits per heavy atom. The van der Waals surface area contributed by atoms with Crippen LogP contribution in [0.25, 0.3) is 0 Å². The number of nitrogens with zero attached hydrogens (tertiary/aromatic N) is 2. The molecule has 1 heterocycles. The summed E-state index contributed by atoms with van der Waals surface area (Å²) in [5.74, 6) is 1.06. The molecule has 0 atom stereocenters. The summed E-state index contributed by atoms with van der Waals surface area (Å²) in [4.78, 5) is 26.5. The lowest BCUT2D eigenvalue weighted by Gasteiger charge is -2.29. The second kappa shape index (κ2) is 10.5. The Labute approximate surface area is 181 Å². The number of hydrogen-bond donors (Lipinski definition) is 1. The first-order valence-corrected chi connectivity index (χ1v) is 10.1. The molecule has 2 amide bonds. The van der Waals surface area contributed by atoms with Crippen LogP contribution in [0.3, 0.4) is 0 Å². The van der Waals surface area contributed by atoms with Gasteiger partial charge in [-0.15, -0.1) is 0 Å². The van der Waals surface area contributed by atoms with Gasteiger partial charge in [-0.25, -0.2) is 5.43 Å². The molecule has 0 saturated heterocycles. The smallest absolute Gasteiger partial charge is 0.240 e. The summed E-state index contributed by atoms with van der Waals surface area (Å²) in [6.07, 6.45) is 3.55. The Kier molecular flexibility index (Phi) is 7.48. The average Bonchev–Trinajstić information content (AvgIpc) is 2.81. The number of carbonyl (C=O) groups is 2. The molecule has 0 unspecified atom stereocenters. The van der Waals surface area contributed by atoms with E-state index >= 15 is 0 Å².